The number of esters is 1. The van der Waals surface area contributed by atoms with Crippen LogP contribution < -0.4 is 4.74 Å². The molecule has 0 amide bonds. The van der Waals surface area contributed by atoms with E-state index in [2.05, 4.69) is 6.92 Å². The largest absolute Gasteiger partial charge is 0.467 e. The molecule has 0 radical (unpaired) electrons. The molecule has 0 saturated heterocycles. The molecule has 0 atom stereocenters. The highest BCUT2D eigenvalue weighted by Gasteiger charge is 2.18. The van der Waals surface area contributed by atoms with Gasteiger partial charge in [-0.2, -0.15) is 0 Å². The molecule has 0 saturated carbocycles. The van der Waals surface area contributed by atoms with E-state index in [1.54, 1.807) is 24.3 Å². The monoisotopic (exact) mass is 332 g/mol. The van der Waals surface area contributed by atoms with Crippen molar-refractivity contribution < 1.29 is 19.0 Å². The summed E-state index contributed by atoms with van der Waals surface area (Å²) in [6, 6.07) is 11.0. The van der Waals surface area contributed by atoms with E-state index in [9.17, 15) is 4.79 Å². The molecule has 0 aromatic heterocycles. The van der Waals surface area contributed by atoms with E-state index in [1.165, 1.54) is 5.56 Å². The van der Waals surface area contributed by atoms with E-state index in [0.29, 0.717) is 22.9 Å². The minimum atomic E-state index is -0.367. The molecule has 0 bridgehead atoms. The lowest BCUT2D eigenvalue weighted by atomic mass is 10.1. The van der Waals surface area contributed by atoms with Crippen molar-refractivity contribution in [2.45, 2.75) is 26.6 Å². The van der Waals surface area contributed by atoms with Gasteiger partial charge in [0.15, 0.2) is 6.79 Å². The smallest absolute Gasteiger partial charge is 0.338 e. The van der Waals surface area contributed by atoms with Crippen molar-refractivity contribution in [1.82, 2.24) is 0 Å². The fourth-order valence-corrected chi connectivity index (χ4v) is 2.73. The third-order valence-corrected chi connectivity index (χ3v) is 3.93. The minimum Gasteiger partial charge on any atom is -0.467 e. The predicted octanol–water partition coefficient (Wildman–Crippen LogP) is 4.13. The van der Waals surface area contributed by atoms with Gasteiger partial charge in [-0.1, -0.05) is 30.7 Å². The average Bonchev–Trinajstić information content (AvgIpc) is 2.59. The van der Waals surface area contributed by atoms with Crippen LogP contribution in [0.1, 0.15) is 34.0 Å². The summed E-state index contributed by atoms with van der Waals surface area (Å²) in [5.74, 6) is 0.322. The Balaban J connectivity index is 1.72. The van der Waals surface area contributed by atoms with Crippen molar-refractivity contribution in [3.05, 3.63) is 63.7 Å². The van der Waals surface area contributed by atoms with E-state index in [0.717, 1.165) is 17.5 Å². The third-order valence-electron chi connectivity index (χ3n) is 3.71. The van der Waals surface area contributed by atoms with Crippen molar-refractivity contribution >= 4 is 17.6 Å². The van der Waals surface area contributed by atoms with Crippen LogP contribution in [0, 0.1) is 0 Å². The number of ether oxygens (including phenoxy) is 3. The first-order chi connectivity index (χ1) is 11.2. The van der Waals surface area contributed by atoms with E-state index in [-0.39, 0.29) is 19.4 Å². The number of aryl methyl sites for hydroxylation is 1. The standard InChI is InChI=1S/C18H17ClO4/c1-2-12-3-5-13(6-4-12)18(20)22-10-15-8-16(19)7-14-9-21-11-23-17(14)15/h3-8H,2,9-11H2,1H3. The van der Waals surface area contributed by atoms with E-state index in [4.69, 9.17) is 25.8 Å². The van der Waals surface area contributed by atoms with Gasteiger partial charge in [0.2, 0.25) is 0 Å². The molecule has 3 rings (SSSR count). The number of fused-ring (bicyclic) bond motifs is 1. The van der Waals surface area contributed by atoms with Crippen molar-refractivity contribution in [1.29, 1.82) is 0 Å². The van der Waals surface area contributed by atoms with E-state index < -0.39 is 0 Å². The van der Waals surface area contributed by atoms with Gasteiger partial charge in [0, 0.05) is 16.1 Å². The summed E-state index contributed by atoms with van der Waals surface area (Å²) in [6.07, 6.45) is 0.934. The maximum absolute atomic E-state index is 12.1. The summed E-state index contributed by atoms with van der Waals surface area (Å²) in [6.45, 7) is 2.81. The lowest BCUT2D eigenvalue weighted by Crippen LogP contribution is -2.14. The van der Waals surface area contributed by atoms with Gasteiger partial charge >= 0.3 is 5.97 Å². The van der Waals surface area contributed by atoms with E-state index in [1.807, 2.05) is 12.1 Å². The summed E-state index contributed by atoms with van der Waals surface area (Å²) in [4.78, 5) is 12.1. The Morgan fingerprint density at radius 2 is 2.04 bits per heavy atom. The van der Waals surface area contributed by atoms with Crippen LogP contribution in [0.4, 0.5) is 0 Å². The molecule has 2 aromatic carbocycles. The Labute approximate surface area is 139 Å². The molecule has 23 heavy (non-hydrogen) atoms. The number of carbonyl (C=O) groups excluding carboxylic acids is 1. The summed E-state index contributed by atoms with van der Waals surface area (Å²) in [5.41, 5.74) is 3.32. The number of benzene rings is 2. The second-order valence-electron chi connectivity index (χ2n) is 5.29. The van der Waals surface area contributed by atoms with Gasteiger partial charge in [-0.3, -0.25) is 0 Å². The maximum atomic E-state index is 12.1. The summed E-state index contributed by atoms with van der Waals surface area (Å²) >= 11 is 6.10. The molecular weight excluding hydrogens is 316 g/mol. The van der Waals surface area contributed by atoms with Gasteiger partial charge in [0.25, 0.3) is 0 Å². The van der Waals surface area contributed by atoms with Crippen LogP contribution in [0.25, 0.3) is 0 Å². The SMILES string of the molecule is CCc1ccc(C(=O)OCc2cc(Cl)cc3c2OCOC3)cc1. The Hall–Kier alpha value is -2.04. The first-order valence-corrected chi connectivity index (χ1v) is 7.83. The first-order valence-electron chi connectivity index (χ1n) is 7.45. The summed E-state index contributed by atoms with van der Waals surface area (Å²) in [5, 5.41) is 0.566. The molecular formula is C18H17ClO4. The van der Waals surface area contributed by atoms with E-state index >= 15 is 0 Å². The molecule has 5 heteroatoms. The number of rotatable bonds is 4. The molecule has 0 spiro atoms. The average molecular weight is 333 g/mol. The molecule has 1 heterocycles. The molecule has 4 nitrogen and oxygen atoms in total. The molecule has 0 N–H and O–H groups in total. The highest BCUT2D eigenvalue weighted by atomic mass is 35.5. The zero-order valence-corrected chi connectivity index (χ0v) is 13.6. The van der Waals surface area contributed by atoms with Gasteiger partial charge in [0.05, 0.1) is 12.2 Å². The molecule has 2 aromatic rings. The van der Waals surface area contributed by atoms with Gasteiger partial charge in [-0.25, -0.2) is 4.79 Å². The van der Waals surface area contributed by atoms with Crippen LogP contribution >= 0.6 is 11.6 Å². The van der Waals surface area contributed by atoms with Crippen LogP contribution in [-0.2, 0) is 29.1 Å². The van der Waals surface area contributed by atoms with Crippen LogP contribution in [0.5, 0.6) is 5.75 Å². The van der Waals surface area contributed by atoms with Crippen LogP contribution in [0.2, 0.25) is 5.02 Å². The maximum Gasteiger partial charge on any atom is 0.338 e. The molecule has 120 valence electrons. The zero-order chi connectivity index (χ0) is 16.2. The normalized spacial score (nSPS) is 13.1. The third kappa shape index (κ3) is 3.66. The quantitative estimate of drug-likeness (QED) is 0.790. The number of hydrogen-bond donors (Lipinski definition) is 0. The van der Waals surface area contributed by atoms with Crippen LogP contribution in [0.3, 0.4) is 0 Å². The Kier molecular flexibility index (Phi) is 4.84. The number of halogens is 1. The topological polar surface area (TPSA) is 44.8 Å². The minimum absolute atomic E-state index is 0.108. The Bertz CT molecular complexity index is 710. The number of carbonyl (C=O) groups is 1. The second kappa shape index (κ2) is 7.02. The zero-order valence-electron chi connectivity index (χ0n) is 12.8. The highest BCUT2D eigenvalue weighted by Crippen LogP contribution is 2.32. The van der Waals surface area contributed by atoms with Crippen LogP contribution in [-0.4, -0.2) is 12.8 Å². The lowest BCUT2D eigenvalue weighted by Gasteiger charge is -2.21. The van der Waals surface area contributed by atoms with Gasteiger partial charge in [-0.05, 0) is 36.2 Å². The van der Waals surface area contributed by atoms with Crippen molar-refractivity contribution in [2.24, 2.45) is 0 Å². The fourth-order valence-electron chi connectivity index (χ4n) is 2.47. The molecule has 1 aliphatic rings. The summed E-state index contributed by atoms with van der Waals surface area (Å²) in [7, 11) is 0. The van der Waals surface area contributed by atoms with Crippen molar-refractivity contribution in [3.8, 4) is 5.75 Å². The number of hydrogen-bond acceptors (Lipinski definition) is 4. The van der Waals surface area contributed by atoms with Gasteiger partial charge in [-0.15, -0.1) is 0 Å². The highest BCUT2D eigenvalue weighted by molar-refractivity contribution is 6.30. The Morgan fingerprint density at radius 1 is 1.26 bits per heavy atom. The van der Waals surface area contributed by atoms with Crippen LogP contribution in [0.15, 0.2) is 36.4 Å². The summed E-state index contributed by atoms with van der Waals surface area (Å²) < 4.78 is 16.1. The molecule has 1 aliphatic heterocycles. The lowest BCUT2D eigenvalue weighted by molar-refractivity contribution is -0.0180. The van der Waals surface area contributed by atoms with Gasteiger partial charge in [0.1, 0.15) is 12.4 Å². The molecule has 0 aliphatic carbocycles. The van der Waals surface area contributed by atoms with Crippen molar-refractivity contribution in [2.75, 3.05) is 6.79 Å². The Morgan fingerprint density at radius 3 is 2.78 bits per heavy atom. The second-order valence-corrected chi connectivity index (χ2v) is 5.73. The van der Waals surface area contributed by atoms with Gasteiger partial charge < -0.3 is 14.2 Å². The first kappa shape index (κ1) is 15.8. The predicted molar refractivity (Wildman–Crippen MR) is 86.7 cm³/mol. The fraction of sp³-hybridized carbons (Fsp3) is 0.278. The van der Waals surface area contributed by atoms with Crippen molar-refractivity contribution in [3.63, 3.8) is 0 Å². The molecule has 0 unspecified atom stereocenters. The molecule has 0 fully saturated rings.